The first-order valence-corrected chi connectivity index (χ1v) is 8.26. The molecule has 0 bridgehead atoms. The first-order chi connectivity index (χ1) is 6.88. The Bertz CT molecular complexity index is 355. The number of carbonyl (C=O) groups excluding carboxylic acids is 1. The second-order valence-electron chi connectivity index (χ2n) is 4.33. The van der Waals surface area contributed by atoms with Gasteiger partial charge in [-0.15, -0.1) is 0 Å². The van der Waals surface area contributed by atoms with Gasteiger partial charge in [-0.2, -0.15) is 0 Å². The molecule has 0 radical (unpaired) electrons. The lowest BCUT2D eigenvalue weighted by Crippen LogP contribution is -2.30. The van der Waals surface area contributed by atoms with E-state index < -0.39 is 14.5 Å². The highest BCUT2D eigenvalue weighted by atomic mass is 28.4. The summed E-state index contributed by atoms with van der Waals surface area (Å²) in [7, 11) is -1.87. The SMILES string of the molecule is Cc1ccccc1OC(=O)O[Si](C)(C)C. The van der Waals surface area contributed by atoms with Crippen LogP contribution in [0.25, 0.3) is 0 Å². The minimum Gasteiger partial charge on any atom is -0.489 e. The first kappa shape index (κ1) is 11.8. The molecule has 0 fully saturated rings. The highest BCUT2D eigenvalue weighted by Gasteiger charge is 2.21. The van der Waals surface area contributed by atoms with Crippen molar-refractivity contribution in [2.75, 3.05) is 0 Å². The van der Waals surface area contributed by atoms with E-state index in [0.29, 0.717) is 5.75 Å². The van der Waals surface area contributed by atoms with Crippen molar-refractivity contribution in [1.82, 2.24) is 0 Å². The minimum atomic E-state index is -1.87. The molecule has 0 aliphatic carbocycles. The van der Waals surface area contributed by atoms with Crippen LogP contribution >= 0.6 is 0 Å². The second kappa shape index (κ2) is 4.48. The summed E-state index contributed by atoms with van der Waals surface area (Å²) in [5, 5.41) is 0. The van der Waals surface area contributed by atoms with Crippen molar-refractivity contribution in [2.24, 2.45) is 0 Å². The van der Waals surface area contributed by atoms with Crippen LogP contribution in [0.4, 0.5) is 4.79 Å². The smallest absolute Gasteiger partial charge is 0.489 e. The third kappa shape index (κ3) is 4.16. The van der Waals surface area contributed by atoms with Crippen molar-refractivity contribution in [3.05, 3.63) is 29.8 Å². The Kier molecular flexibility index (Phi) is 3.52. The van der Waals surface area contributed by atoms with E-state index in [1.165, 1.54) is 0 Å². The van der Waals surface area contributed by atoms with Crippen molar-refractivity contribution < 1.29 is 14.0 Å². The van der Waals surface area contributed by atoms with Gasteiger partial charge in [0.25, 0.3) is 8.32 Å². The molecule has 1 aromatic rings. The van der Waals surface area contributed by atoms with Crippen LogP contribution in [-0.2, 0) is 4.43 Å². The number of carbonyl (C=O) groups is 1. The Labute approximate surface area is 91.1 Å². The van der Waals surface area contributed by atoms with Gasteiger partial charge in [-0.3, -0.25) is 0 Å². The number of ether oxygens (including phenoxy) is 1. The normalized spacial score (nSPS) is 10.9. The fourth-order valence-corrected chi connectivity index (χ4v) is 1.57. The van der Waals surface area contributed by atoms with E-state index >= 15 is 0 Å². The van der Waals surface area contributed by atoms with Crippen LogP contribution in [0.2, 0.25) is 19.6 Å². The van der Waals surface area contributed by atoms with Gasteiger partial charge in [0.15, 0.2) is 0 Å². The Balaban J connectivity index is 2.64. The van der Waals surface area contributed by atoms with Crippen LogP contribution in [0.15, 0.2) is 24.3 Å². The molecule has 0 aliphatic heterocycles. The van der Waals surface area contributed by atoms with E-state index in [2.05, 4.69) is 0 Å². The largest absolute Gasteiger partial charge is 0.499 e. The number of para-hydroxylation sites is 1. The molecule has 0 N–H and O–H groups in total. The van der Waals surface area contributed by atoms with Crippen molar-refractivity contribution in [2.45, 2.75) is 26.6 Å². The zero-order chi connectivity index (χ0) is 11.5. The van der Waals surface area contributed by atoms with Gasteiger partial charge in [0, 0.05) is 0 Å². The van der Waals surface area contributed by atoms with E-state index in [9.17, 15) is 4.79 Å². The summed E-state index contributed by atoms with van der Waals surface area (Å²) in [6, 6.07) is 7.36. The van der Waals surface area contributed by atoms with E-state index in [-0.39, 0.29) is 0 Å². The molecule has 1 aromatic carbocycles. The monoisotopic (exact) mass is 224 g/mol. The maximum atomic E-state index is 11.4. The average Bonchev–Trinajstić information content (AvgIpc) is 2.05. The zero-order valence-electron chi connectivity index (χ0n) is 9.53. The molecule has 0 amide bonds. The lowest BCUT2D eigenvalue weighted by atomic mass is 10.2. The van der Waals surface area contributed by atoms with Crippen molar-refractivity contribution in [3.63, 3.8) is 0 Å². The molecule has 0 aromatic heterocycles. The van der Waals surface area contributed by atoms with Crippen molar-refractivity contribution in [3.8, 4) is 5.75 Å². The topological polar surface area (TPSA) is 35.5 Å². The van der Waals surface area contributed by atoms with Gasteiger partial charge >= 0.3 is 6.16 Å². The van der Waals surface area contributed by atoms with Gasteiger partial charge in [0.05, 0.1) is 0 Å². The summed E-state index contributed by atoms with van der Waals surface area (Å²) in [6.07, 6.45) is -0.608. The predicted octanol–water partition coefficient (Wildman–Crippen LogP) is 3.35. The fourth-order valence-electron chi connectivity index (χ4n) is 1.03. The second-order valence-corrected chi connectivity index (χ2v) is 8.76. The number of hydrogen-bond acceptors (Lipinski definition) is 3. The molecule has 4 heteroatoms. The molecule has 15 heavy (non-hydrogen) atoms. The molecule has 0 unspecified atom stereocenters. The van der Waals surface area contributed by atoms with Crippen LogP contribution in [0.5, 0.6) is 5.75 Å². The Hall–Kier alpha value is -1.29. The quantitative estimate of drug-likeness (QED) is 0.439. The molecule has 0 saturated carbocycles. The highest BCUT2D eigenvalue weighted by Crippen LogP contribution is 2.17. The molecule has 0 aliphatic rings. The molecule has 1 rings (SSSR count). The Morgan fingerprint density at radius 2 is 1.80 bits per heavy atom. The van der Waals surface area contributed by atoms with Crippen LogP contribution in [0.3, 0.4) is 0 Å². The number of hydrogen-bond donors (Lipinski definition) is 0. The Morgan fingerprint density at radius 3 is 2.33 bits per heavy atom. The summed E-state index contributed by atoms with van der Waals surface area (Å²) in [5.41, 5.74) is 0.921. The van der Waals surface area contributed by atoms with Gasteiger partial charge < -0.3 is 9.16 Å². The predicted molar refractivity (Wildman–Crippen MR) is 61.6 cm³/mol. The summed E-state index contributed by atoms with van der Waals surface area (Å²) in [4.78, 5) is 11.4. The third-order valence-electron chi connectivity index (χ3n) is 1.68. The van der Waals surface area contributed by atoms with Crippen molar-refractivity contribution in [1.29, 1.82) is 0 Å². The molecule has 0 spiro atoms. The molecule has 82 valence electrons. The molecular weight excluding hydrogens is 208 g/mol. The Morgan fingerprint density at radius 1 is 1.20 bits per heavy atom. The third-order valence-corrected chi connectivity index (χ3v) is 2.46. The van der Waals surface area contributed by atoms with E-state index in [1.807, 2.05) is 44.8 Å². The minimum absolute atomic E-state index is 0.556. The number of benzene rings is 1. The van der Waals surface area contributed by atoms with Crippen molar-refractivity contribution >= 4 is 14.5 Å². The van der Waals surface area contributed by atoms with Crippen LogP contribution < -0.4 is 4.74 Å². The maximum absolute atomic E-state index is 11.4. The van der Waals surface area contributed by atoms with Crippen LogP contribution in [0, 0.1) is 6.92 Å². The zero-order valence-corrected chi connectivity index (χ0v) is 10.5. The molecular formula is C11H16O3Si. The van der Waals surface area contributed by atoms with Gasteiger partial charge in [-0.1, -0.05) is 18.2 Å². The van der Waals surface area contributed by atoms with E-state index in [0.717, 1.165) is 5.56 Å². The summed E-state index contributed by atoms with van der Waals surface area (Å²) in [6.45, 7) is 7.70. The number of rotatable bonds is 2. The molecule has 0 atom stereocenters. The van der Waals surface area contributed by atoms with Gasteiger partial charge in [-0.05, 0) is 38.2 Å². The van der Waals surface area contributed by atoms with E-state index in [1.54, 1.807) is 6.07 Å². The first-order valence-electron chi connectivity index (χ1n) is 4.85. The number of aryl methyl sites for hydroxylation is 1. The fraction of sp³-hybridized carbons (Fsp3) is 0.364. The average molecular weight is 224 g/mol. The summed E-state index contributed by atoms with van der Waals surface area (Å²) in [5.74, 6) is 0.556. The lowest BCUT2D eigenvalue weighted by Gasteiger charge is -2.17. The van der Waals surface area contributed by atoms with E-state index in [4.69, 9.17) is 9.16 Å². The standard InChI is InChI=1S/C11H16O3Si/c1-9-7-5-6-8-10(9)13-11(12)14-15(2,3)4/h5-8H,1-4H3. The van der Waals surface area contributed by atoms with Crippen LogP contribution in [0.1, 0.15) is 5.56 Å². The molecule has 3 nitrogen and oxygen atoms in total. The lowest BCUT2D eigenvalue weighted by molar-refractivity contribution is 0.149. The summed E-state index contributed by atoms with van der Waals surface area (Å²) < 4.78 is 10.3. The van der Waals surface area contributed by atoms with Crippen LogP contribution in [-0.4, -0.2) is 14.5 Å². The van der Waals surface area contributed by atoms with Gasteiger partial charge in [0.2, 0.25) is 0 Å². The molecule has 0 saturated heterocycles. The maximum Gasteiger partial charge on any atom is 0.499 e. The van der Waals surface area contributed by atoms with Gasteiger partial charge in [-0.25, -0.2) is 4.79 Å². The molecule has 0 heterocycles. The van der Waals surface area contributed by atoms with Gasteiger partial charge in [0.1, 0.15) is 5.75 Å². The highest BCUT2D eigenvalue weighted by molar-refractivity contribution is 6.71. The summed E-state index contributed by atoms with van der Waals surface area (Å²) >= 11 is 0.